The van der Waals surface area contributed by atoms with Crippen LogP contribution in [0.2, 0.25) is 0 Å². The third-order valence-corrected chi connectivity index (χ3v) is 2.34. The summed E-state index contributed by atoms with van der Waals surface area (Å²) >= 11 is 0. The molecular formula is C12H10F2O4. The minimum Gasteiger partial charge on any atom is -0.465 e. The Morgan fingerprint density at radius 1 is 1.33 bits per heavy atom. The van der Waals surface area contributed by atoms with Crippen molar-refractivity contribution >= 4 is 16.9 Å². The smallest absolute Gasteiger partial charge is 0.387 e. The summed E-state index contributed by atoms with van der Waals surface area (Å²) in [7, 11) is 1.20. The number of rotatable bonds is 3. The van der Waals surface area contributed by atoms with Crippen molar-refractivity contribution in [3.05, 3.63) is 29.5 Å². The van der Waals surface area contributed by atoms with Gasteiger partial charge in [-0.1, -0.05) is 0 Å². The highest BCUT2D eigenvalue weighted by atomic mass is 19.3. The number of aryl methyl sites for hydroxylation is 1. The van der Waals surface area contributed by atoms with E-state index in [-0.39, 0.29) is 11.3 Å². The van der Waals surface area contributed by atoms with Crippen molar-refractivity contribution < 1.29 is 27.5 Å². The highest BCUT2D eigenvalue weighted by Crippen LogP contribution is 2.29. The minimum absolute atomic E-state index is 0.0544. The van der Waals surface area contributed by atoms with E-state index in [2.05, 4.69) is 9.47 Å². The Bertz CT molecular complexity index is 589. The van der Waals surface area contributed by atoms with E-state index in [0.29, 0.717) is 16.7 Å². The van der Waals surface area contributed by atoms with Crippen LogP contribution < -0.4 is 4.74 Å². The Kier molecular flexibility index (Phi) is 3.18. The summed E-state index contributed by atoms with van der Waals surface area (Å²) in [6.07, 6.45) is 0. The van der Waals surface area contributed by atoms with Crippen LogP contribution in [0.25, 0.3) is 11.0 Å². The lowest BCUT2D eigenvalue weighted by molar-refractivity contribution is -0.0498. The Balaban J connectivity index is 2.60. The highest BCUT2D eigenvalue weighted by Gasteiger charge is 2.17. The zero-order chi connectivity index (χ0) is 13.3. The third-order valence-electron chi connectivity index (χ3n) is 2.34. The van der Waals surface area contributed by atoms with Gasteiger partial charge in [-0.15, -0.1) is 0 Å². The molecule has 6 heteroatoms. The van der Waals surface area contributed by atoms with Crippen LogP contribution >= 0.6 is 0 Å². The zero-order valence-corrected chi connectivity index (χ0v) is 9.70. The number of ether oxygens (including phenoxy) is 2. The fourth-order valence-electron chi connectivity index (χ4n) is 1.69. The van der Waals surface area contributed by atoms with Crippen molar-refractivity contribution in [2.45, 2.75) is 13.5 Å². The van der Waals surface area contributed by atoms with Crippen LogP contribution in [0.3, 0.4) is 0 Å². The molecule has 2 rings (SSSR count). The van der Waals surface area contributed by atoms with Crippen molar-refractivity contribution in [1.82, 2.24) is 0 Å². The van der Waals surface area contributed by atoms with Crippen molar-refractivity contribution in [1.29, 1.82) is 0 Å². The van der Waals surface area contributed by atoms with E-state index in [0.717, 1.165) is 0 Å². The number of esters is 1. The van der Waals surface area contributed by atoms with Gasteiger partial charge >= 0.3 is 12.6 Å². The molecule has 0 N–H and O–H groups in total. The first-order valence-electron chi connectivity index (χ1n) is 5.08. The van der Waals surface area contributed by atoms with Gasteiger partial charge in [-0.25, -0.2) is 4.79 Å². The predicted octanol–water partition coefficient (Wildman–Crippen LogP) is 3.13. The average molecular weight is 256 g/mol. The van der Waals surface area contributed by atoms with Crippen LogP contribution in [0, 0.1) is 6.92 Å². The normalized spacial score (nSPS) is 10.9. The molecule has 0 atom stereocenters. The first kappa shape index (κ1) is 12.3. The molecule has 1 aromatic heterocycles. The molecule has 0 aliphatic rings. The summed E-state index contributed by atoms with van der Waals surface area (Å²) < 4.78 is 38.6. The summed E-state index contributed by atoms with van der Waals surface area (Å²) in [6, 6.07) is 4.17. The number of alkyl halides is 2. The number of hydrogen-bond acceptors (Lipinski definition) is 4. The Labute approximate surface area is 101 Å². The van der Waals surface area contributed by atoms with E-state index in [1.807, 2.05) is 0 Å². The number of benzene rings is 1. The maximum absolute atomic E-state index is 12.2. The molecule has 0 aliphatic heterocycles. The molecule has 0 saturated heterocycles. The molecule has 0 unspecified atom stereocenters. The van der Waals surface area contributed by atoms with Crippen LogP contribution in [-0.4, -0.2) is 19.7 Å². The van der Waals surface area contributed by atoms with Crippen LogP contribution in [0.1, 0.15) is 16.1 Å². The van der Waals surface area contributed by atoms with E-state index in [1.54, 1.807) is 13.0 Å². The van der Waals surface area contributed by atoms with Gasteiger partial charge in [0.1, 0.15) is 22.7 Å². The lowest BCUT2D eigenvalue weighted by Gasteiger charge is -2.06. The van der Waals surface area contributed by atoms with Crippen LogP contribution in [0.15, 0.2) is 22.6 Å². The van der Waals surface area contributed by atoms with Crippen molar-refractivity contribution in [3.63, 3.8) is 0 Å². The second-order valence-electron chi connectivity index (χ2n) is 3.62. The summed E-state index contributed by atoms with van der Waals surface area (Å²) in [4.78, 5) is 11.5. The molecule has 18 heavy (non-hydrogen) atoms. The molecule has 0 radical (unpaired) electrons. The first-order valence-corrected chi connectivity index (χ1v) is 5.08. The SMILES string of the molecule is COC(=O)c1cc(OC(F)F)cc2cc(C)oc12. The van der Waals surface area contributed by atoms with Gasteiger partial charge < -0.3 is 13.9 Å². The van der Waals surface area contributed by atoms with Crippen LogP contribution in [0.5, 0.6) is 5.75 Å². The fourth-order valence-corrected chi connectivity index (χ4v) is 1.69. The Morgan fingerprint density at radius 3 is 2.67 bits per heavy atom. The van der Waals surface area contributed by atoms with E-state index >= 15 is 0 Å². The largest absolute Gasteiger partial charge is 0.465 e. The first-order chi connectivity index (χ1) is 8.51. The number of carbonyl (C=O) groups is 1. The van der Waals surface area contributed by atoms with Gasteiger partial charge in [-0.05, 0) is 25.1 Å². The summed E-state index contributed by atoms with van der Waals surface area (Å²) in [5, 5.41) is 0.506. The second-order valence-corrected chi connectivity index (χ2v) is 3.62. The molecule has 4 nitrogen and oxygen atoms in total. The molecule has 0 bridgehead atoms. The van der Waals surface area contributed by atoms with E-state index in [1.165, 1.54) is 19.2 Å². The van der Waals surface area contributed by atoms with Gasteiger partial charge in [0.25, 0.3) is 0 Å². The number of hydrogen-bond donors (Lipinski definition) is 0. The lowest BCUT2D eigenvalue weighted by atomic mass is 10.1. The summed E-state index contributed by atoms with van der Waals surface area (Å²) in [5.74, 6) is -0.225. The molecule has 0 amide bonds. The monoisotopic (exact) mass is 256 g/mol. The summed E-state index contributed by atoms with van der Waals surface area (Å²) in [6.45, 7) is -1.27. The van der Waals surface area contributed by atoms with Crippen LogP contribution in [0.4, 0.5) is 8.78 Å². The minimum atomic E-state index is -2.96. The third kappa shape index (κ3) is 2.27. The second kappa shape index (κ2) is 4.64. The van der Waals surface area contributed by atoms with Crippen LogP contribution in [-0.2, 0) is 4.74 Å². The lowest BCUT2D eigenvalue weighted by Crippen LogP contribution is -2.05. The number of halogens is 2. The number of furan rings is 1. The molecule has 96 valence electrons. The molecule has 1 heterocycles. The number of methoxy groups -OCH3 is 1. The van der Waals surface area contributed by atoms with E-state index < -0.39 is 12.6 Å². The van der Waals surface area contributed by atoms with Gasteiger partial charge in [0, 0.05) is 5.39 Å². The molecule has 2 aromatic rings. The molecule has 1 aromatic carbocycles. The fraction of sp³-hybridized carbons (Fsp3) is 0.250. The van der Waals surface area contributed by atoms with Gasteiger partial charge in [0.15, 0.2) is 0 Å². The van der Waals surface area contributed by atoms with E-state index in [4.69, 9.17) is 4.42 Å². The molecule has 0 spiro atoms. The quantitative estimate of drug-likeness (QED) is 0.791. The van der Waals surface area contributed by atoms with E-state index in [9.17, 15) is 13.6 Å². The average Bonchev–Trinajstić information content (AvgIpc) is 2.66. The van der Waals surface area contributed by atoms with Crippen molar-refractivity contribution in [3.8, 4) is 5.75 Å². The number of fused-ring (bicyclic) bond motifs is 1. The molecular weight excluding hydrogens is 246 g/mol. The number of carbonyl (C=O) groups excluding carboxylic acids is 1. The molecule has 0 saturated carbocycles. The summed E-state index contributed by atoms with van der Waals surface area (Å²) in [5.41, 5.74) is 0.347. The maximum atomic E-state index is 12.2. The van der Waals surface area contributed by atoms with Crippen molar-refractivity contribution in [2.24, 2.45) is 0 Å². The highest BCUT2D eigenvalue weighted by molar-refractivity contribution is 6.02. The van der Waals surface area contributed by atoms with Gasteiger partial charge in [0.2, 0.25) is 0 Å². The van der Waals surface area contributed by atoms with Gasteiger partial charge in [0.05, 0.1) is 7.11 Å². The van der Waals surface area contributed by atoms with Gasteiger partial charge in [-0.2, -0.15) is 8.78 Å². The molecule has 0 aliphatic carbocycles. The van der Waals surface area contributed by atoms with Gasteiger partial charge in [-0.3, -0.25) is 0 Å². The standard InChI is InChI=1S/C12H10F2O4/c1-6-3-7-4-8(18-12(13)14)5-9(10(7)17-6)11(15)16-2/h3-5,12H,1-2H3. The Morgan fingerprint density at radius 2 is 2.06 bits per heavy atom. The zero-order valence-electron chi connectivity index (χ0n) is 9.70. The molecule has 0 fully saturated rings. The Hall–Kier alpha value is -2.11. The topological polar surface area (TPSA) is 48.7 Å². The maximum Gasteiger partial charge on any atom is 0.387 e. The predicted molar refractivity (Wildman–Crippen MR) is 58.9 cm³/mol. The van der Waals surface area contributed by atoms with Crippen molar-refractivity contribution in [2.75, 3.05) is 7.11 Å².